The van der Waals surface area contributed by atoms with E-state index in [2.05, 4.69) is 28.7 Å². The molecule has 2 aromatic carbocycles. The highest BCUT2D eigenvalue weighted by Gasteiger charge is 2.17. The zero-order valence-corrected chi connectivity index (χ0v) is 13.0. The van der Waals surface area contributed by atoms with E-state index >= 15 is 0 Å². The molecule has 3 rings (SSSR count). The molecule has 0 saturated heterocycles. The number of hydrogen-bond acceptors (Lipinski definition) is 2. The Labute approximate surface area is 129 Å². The van der Waals surface area contributed by atoms with Gasteiger partial charge in [0.2, 0.25) is 0 Å². The molecule has 0 aliphatic rings. The van der Waals surface area contributed by atoms with Crippen LogP contribution in [0.25, 0.3) is 11.0 Å². The molecular formula is C16H13FINO. The van der Waals surface area contributed by atoms with Crippen LogP contribution in [0.2, 0.25) is 0 Å². The number of halogens is 2. The van der Waals surface area contributed by atoms with Crippen LogP contribution in [0.15, 0.2) is 46.9 Å². The third kappa shape index (κ3) is 2.45. The molecule has 102 valence electrons. The molecule has 3 aromatic rings. The van der Waals surface area contributed by atoms with Crippen molar-refractivity contribution in [2.24, 2.45) is 5.73 Å². The zero-order chi connectivity index (χ0) is 14.3. The second-order valence-corrected chi connectivity index (χ2v) is 6.00. The predicted molar refractivity (Wildman–Crippen MR) is 86.1 cm³/mol. The molecule has 2 N–H and O–H groups in total. The minimum absolute atomic E-state index is 0.259. The summed E-state index contributed by atoms with van der Waals surface area (Å²) in [6.45, 7) is 2.04. The average molecular weight is 381 g/mol. The number of fused-ring (bicyclic) bond motifs is 1. The average Bonchev–Trinajstić information content (AvgIpc) is 2.81. The first-order valence-corrected chi connectivity index (χ1v) is 7.33. The van der Waals surface area contributed by atoms with Gasteiger partial charge in [-0.3, -0.25) is 0 Å². The molecule has 0 fully saturated rings. The first-order chi connectivity index (χ1) is 9.54. The second kappa shape index (κ2) is 5.18. The molecule has 2 nitrogen and oxygen atoms in total. The second-order valence-electron chi connectivity index (χ2n) is 4.83. The van der Waals surface area contributed by atoms with Crippen molar-refractivity contribution in [2.45, 2.75) is 13.0 Å². The zero-order valence-electron chi connectivity index (χ0n) is 10.9. The normalized spacial score (nSPS) is 12.8. The molecule has 0 aliphatic heterocycles. The van der Waals surface area contributed by atoms with Crippen LogP contribution in [0.5, 0.6) is 0 Å². The molecule has 0 saturated carbocycles. The monoisotopic (exact) mass is 381 g/mol. The lowest BCUT2D eigenvalue weighted by Gasteiger charge is -2.11. The van der Waals surface area contributed by atoms with E-state index in [0.717, 1.165) is 20.1 Å². The smallest absolute Gasteiger partial charge is 0.134 e. The molecule has 0 aliphatic carbocycles. The molecular weight excluding hydrogens is 368 g/mol. The summed E-state index contributed by atoms with van der Waals surface area (Å²) in [7, 11) is 0. The van der Waals surface area contributed by atoms with E-state index in [9.17, 15) is 4.39 Å². The van der Waals surface area contributed by atoms with Crippen LogP contribution in [-0.4, -0.2) is 0 Å². The molecule has 4 heteroatoms. The van der Waals surface area contributed by atoms with Gasteiger partial charge >= 0.3 is 0 Å². The maximum atomic E-state index is 13.2. The summed E-state index contributed by atoms with van der Waals surface area (Å²) >= 11 is 2.09. The van der Waals surface area contributed by atoms with Gasteiger partial charge in [-0.05, 0) is 65.4 Å². The Morgan fingerprint density at radius 1 is 1.15 bits per heavy atom. The van der Waals surface area contributed by atoms with Crippen molar-refractivity contribution < 1.29 is 8.81 Å². The van der Waals surface area contributed by atoms with E-state index in [1.165, 1.54) is 17.7 Å². The fraction of sp³-hybridized carbons (Fsp3) is 0.125. The number of hydrogen-bond donors (Lipinski definition) is 1. The summed E-state index contributed by atoms with van der Waals surface area (Å²) in [6, 6.07) is 12.2. The summed E-state index contributed by atoms with van der Waals surface area (Å²) in [5, 5.41) is 1.03. The summed E-state index contributed by atoms with van der Waals surface area (Å²) in [6.07, 6.45) is 0. The van der Waals surface area contributed by atoms with Crippen molar-refractivity contribution in [3.8, 4) is 0 Å². The molecule has 20 heavy (non-hydrogen) atoms. The molecule has 0 bridgehead atoms. The quantitative estimate of drug-likeness (QED) is 0.663. The Hall–Kier alpha value is -1.40. The third-order valence-corrected chi connectivity index (χ3v) is 4.23. The van der Waals surface area contributed by atoms with Crippen LogP contribution in [-0.2, 0) is 0 Å². The van der Waals surface area contributed by atoms with Crippen LogP contribution in [0.1, 0.15) is 22.9 Å². The van der Waals surface area contributed by atoms with Crippen molar-refractivity contribution in [3.63, 3.8) is 0 Å². The van der Waals surface area contributed by atoms with Crippen LogP contribution < -0.4 is 5.73 Å². The number of benzene rings is 2. The Kier molecular flexibility index (Phi) is 3.52. The predicted octanol–water partition coefficient (Wildman–Crippen LogP) is 4.53. The topological polar surface area (TPSA) is 39.2 Å². The Morgan fingerprint density at radius 3 is 2.70 bits per heavy atom. The van der Waals surface area contributed by atoms with Crippen LogP contribution in [0.3, 0.4) is 0 Å². The first-order valence-electron chi connectivity index (χ1n) is 6.25. The van der Waals surface area contributed by atoms with Crippen LogP contribution >= 0.6 is 22.6 Å². The Morgan fingerprint density at radius 2 is 1.95 bits per heavy atom. The molecule has 1 heterocycles. The first kappa shape index (κ1) is 13.6. The van der Waals surface area contributed by atoms with E-state index in [1.54, 1.807) is 6.07 Å². The molecule has 0 spiro atoms. The maximum absolute atomic E-state index is 13.2. The molecule has 0 radical (unpaired) electrons. The highest BCUT2D eigenvalue weighted by atomic mass is 127. The van der Waals surface area contributed by atoms with Crippen LogP contribution in [0, 0.1) is 16.3 Å². The van der Waals surface area contributed by atoms with Gasteiger partial charge < -0.3 is 10.2 Å². The van der Waals surface area contributed by atoms with E-state index in [4.69, 9.17) is 10.2 Å². The maximum Gasteiger partial charge on any atom is 0.134 e. The van der Waals surface area contributed by atoms with Crippen molar-refractivity contribution in [3.05, 3.63) is 68.7 Å². The van der Waals surface area contributed by atoms with Gasteiger partial charge in [-0.2, -0.15) is 0 Å². The van der Waals surface area contributed by atoms with Crippen molar-refractivity contribution >= 4 is 33.6 Å². The van der Waals surface area contributed by atoms with Gasteiger partial charge in [0.25, 0.3) is 0 Å². The number of furan rings is 1. The molecule has 1 unspecified atom stereocenters. The highest BCUT2D eigenvalue weighted by molar-refractivity contribution is 14.1. The molecule has 1 aromatic heterocycles. The Balaban J connectivity index is 2.05. The van der Waals surface area contributed by atoms with Gasteiger partial charge in [-0.15, -0.1) is 0 Å². The van der Waals surface area contributed by atoms with E-state index in [1.807, 2.05) is 25.1 Å². The number of rotatable bonds is 2. The number of aryl methyl sites for hydroxylation is 1. The highest BCUT2D eigenvalue weighted by Crippen LogP contribution is 2.29. The molecule has 0 amide bonds. The molecule has 1 atom stereocenters. The summed E-state index contributed by atoms with van der Waals surface area (Å²) < 4.78 is 19.8. The standard InChI is InChI=1S/C16H13FINO/c1-9-2-5-14-10(6-9)7-15(20-14)16(19)12-4-3-11(17)8-13(12)18/h2-8,16H,19H2,1H3. The fourth-order valence-corrected chi connectivity index (χ4v) is 3.06. The van der Waals surface area contributed by atoms with Crippen molar-refractivity contribution in [2.75, 3.05) is 0 Å². The van der Waals surface area contributed by atoms with Gasteiger partial charge in [0.05, 0.1) is 6.04 Å². The van der Waals surface area contributed by atoms with Gasteiger partial charge in [-0.1, -0.05) is 17.7 Å². The van der Waals surface area contributed by atoms with Crippen LogP contribution in [0.4, 0.5) is 4.39 Å². The summed E-state index contributed by atoms with van der Waals surface area (Å²) in [5.74, 6) is 0.431. The lowest BCUT2D eigenvalue weighted by molar-refractivity contribution is 0.523. The minimum atomic E-state index is -0.393. The van der Waals surface area contributed by atoms with Crippen molar-refractivity contribution in [1.29, 1.82) is 0 Å². The van der Waals surface area contributed by atoms with Gasteiger partial charge in [0.15, 0.2) is 0 Å². The van der Waals surface area contributed by atoms with Gasteiger partial charge in [0.1, 0.15) is 17.2 Å². The SMILES string of the molecule is Cc1ccc2oc(C(N)c3ccc(F)cc3I)cc2c1. The van der Waals surface area contributed by atoms with Crippen molar-refractivity contribution in [1.82, 2.24) is 0 Å². The minimum Gasteiger partial charge on any atom is -0.459 e. The fourth-order valence-electron chi connectivity index (χ4n) is 2.24. The lowest BCUT2D eigenvalue weighted by atomic mass is 10.1. The Bertz CT molecular complexity index is 781. The van der Waals surface area contributed by atoms with E-state index in [-0.39, 0.29) is 5.82 Å². The largest absolute Gasteiger partial charge is 0.459 e. The lowest BCUT2D eigenvalue weighted by Crippen LogP contribution is -2.12. The van der Waals surface area contributed by atoms with Gasteiger partial charge in [0, 0.05) is 8.96 Å². The summed E-state index contributed by atoms with van der Waals surface area (Å²) in [5.41, 5.74) is 9.11. The summed E-state index contributed by atoms with van der Waals surface area (Å²) in [4.78, 5) is 0. The van der Waals surface area contributed by atoms with Gasteiger partial charge in [-0.25, -0.2) is 4.39 Å². The van der Waals surface area contributed by atoms with E-state index in [0.29, 0.717) is 5.76 Å². The third-order valence-electron chi connectivity index (χ3n) is 3.29. The number of nitrogens with two attached hydrogens (primary N) is 1. The van der Waals surface area contributed by atoms with E-state index < -0.39 is 6.04 Å².